The SMILES string of the molecule is COC(=O)NC(C(=O)N1CCCC1c1ncc(-c2ccc(-c3ccc(C(C)C)cc3)cc2)[nH]1)C(C)C. The molecule has 1 saturated heterocycles. The van der Waals surface area contributed by atoms with Crippen molar-refractivity contribution >= 4 is 12.0 Å². The molecule has 4 rings (SSSR count). The molecule has 0 aliphatic carbocycles. The van der Waals surface area contributed by atoms with Gasteiger partial charge in [0, 0.05) is 6.54 Å². The van der Waals surface area contributed by atoms with Gasteiger partial charge in [0.2, 0.25) is 5.91 Å². The maximum absolute atomic E-state index is 13.3. The number of H-pyrrole nitrogens is 1. The summed E-state index contributed by atoms with van der Waals surface area (Å²) in [6.45, 7) is 8.86. The standard InChI is InChI=1S/C29H36N4O3/c1-18(2)20-8-10-21(11-9-20)22-12-14-23(15-13-22)24-17-30-27(31-24)25-7-6-16-33(25)28(34)26(19(3)4)32-29(35)36-5/h8-15,17-19,25-26H,6-7,16H2,1-5H3,(H,30,31)(H,32,35). The molecule has 2 N–H and O–H groups in total. The molecule has 2 amide bonds. The fraction of sp³-hybridized carbons (Fsp3) is 0.414. The Labute approximate surface area is 213 Å². The first-order valence-electron chi connectivity index (χ1n) is 12.7. The van der Waals surface area contributed by atoms with E-state index in [-0.39, 0.29) is 17.9 Å². The van der Waals surface area contributed by atoms with Crippen molar-refractivity contribution in [3.63, 3.8) is 0 Å². The summed E-state index contributed by atoms with van der Waals surface area (Å²) >= 11 is 0. The number of methoxy groups -OCH3 is 1. The van der Waals surface area contributed by atoms with Crippen molar-refractivity contribution in [1.82, 2.24) is 20.2 Å². The minimum atomic E-state index is -0.644. The second kappa shape index (κ2) is 11.0. The second-order valence-electron chi connectivity index (χ2n) is 10.1. The number of aromatic nitrogens is 2. The fourth-order valence-corrected chi connectivity index (χ4v) is 4.75. The highest BCUT2D eigenvalue weighted by Crippen LogP contribution is 2.33. The van der Waals surface area contributed by atoms with Gasteiger partial charge in [-0.25, -0.2) is 9.78 Å². The highest BCUT2D eigenvalue weighted by Gasteiger charge is 2.37. The molecule has 190 valence electrons. The Hall–Kier alpha value is -3.61. The summed E-state index contributed by atoms with van der Waals surface area (Å²) in [5.41, 5.74) is 5.65. The lowest BCUT2D eigenvalue weighted by Gasteiger charge is -2.30. The van der Waals surface area contributed by atoms with Crippen LogP contribution < -0.4 is 5.32 Å². The Morgan fingerprint density at radius 3 is 2.19 bits per heavy atom. The molecule has 1 aromatic heterocycles. The van der Waals surface area contributed by atoms with E-state index in [2.05, 4.69) is 77.7 Å². The van der Waals surface area contributed by atoms with Crippen LogP contribution in [-0.4, -0.2) is 46.6 Å². The monoisotopic (exact) mass is 488 g/mol. The zero-order valence-corrected chi connectivity index (χ0v) is 21.7. The number of imidazole rings is 1. The first-order chi connectivity index (χ1) is 17.3. The summed E-state index contributed by atoms with van der Waals surface area (Å²) in [7, 11) is 1.30. The molecule has 1 aliphatic heterocycles. The van der Waals surface area contributed by atoms with Crippen LogP contribution in [0.25, 0.3) is 22.4 Å². The van der Waals surface area contributed by atoms with Crippen LogP contribution in [0.3, 0.4) is 0 Å². The van der Waals surface area contributed by atoms with Crippen molar-refractivity contribution in [3.05, 3.63) is 66.1 Å². The van der Waals surface area contributed by atoms with Crippen molar-refractivity contribution in [1.29, 1.82) is 0 Å². The zero-order chi connectivity index (χ0) is 25.8. The van der Waals surface area contributed by atoms with Gasteiger partial charge in [-0.15, -0.1) is 0 Å². The highest BCUT2D eigenvalue weighted by atomic mass is 16.5. The molecule has 7 nitrogen and oxygen atoms in total. The van der Waals surface area contributed by atoms with Crippen molar-refractivity contribution < 1.29 is 14.3 Å². The second-order valence-corrected chi connectivity index (χ2v) is 10.1. The van der Waals surface area contributed by atoms with Gasteiger partial charge in [0.05, 0.1) is 25.0 Å². The van der Waals surface area contributed by atoms with E-state index in [4.69, 9.17) is 4.74 Å². The number of rotatable bonds is 7. The molecule has 7 heteroatoms. The molecule has 3 aromatic rings. The van der Waals surface area contributed by atoms with Crippen molar-refractivity contribution in [3.8, 4) is 22.4 Å². The van der Waals surface area contributed by atoms with Gasteiger partial charge in [0.1, 0.15) is 11.9 Å². The Morgan fingerprint density at radius 1 is 1.00 bits per heavy atom. The van der Waals surface area contributed by atoms with Gasteiger partial charge in [-0.05, 0) is 46.9 Å². The van der Waals surface area contributed by atoms with Gasteiger partial charge in [-0.3, -0.25) is 4.79 Å². The predicted molar refractivity (Wildman–Crippen MR) is 141 cm³/mol. The molecule has 0 bridgehead atoms. The average Bonchev–Trinajstić information content (AvgIpc) is 3.56. The van der Waals surface area contributed by atoms with E-state index in [1.165, 1.54) is 23.8 Å². The van der Waals surface area contributed by atoms with Crippen molar-refractivity contribution in [2.45, 2.75) is 58.5 Å². The van der Waals surface area contributed by atoms with Crippen LogP contribution in [0.1, 0.15) is 63.9 Å². The molecule has 0 saturated carbocycles. The molecule has 0 spiro atoms. The summed E-state index contributed by atoms with van der Waals surface area (Å²) in [4.78, 5) is 35.0. The van der Waals surface area contributed by atoms with Crippen LogP contribution in [0.2, 0.25) is 0 Å². The normalized spacial score (nSPS) is 16.4. The zero-order valence-electron chi connectivity index (χ0n) is 21.7. The van der Waals surface area contributed by atoms with Crippen LogP contribution in [0.15, 0.2) is 54.7 Å². The highest BCUT2D eigenvalue weighted by molar-refractivity contribution is 5.86. The van der Waals surface area contributed by atoms with Crippen molar-refractivity contribution in [2.24, 2.45) is 5.92 Å². The Kier molecular flexibility index (Phi) is 7.77. The number of aromatic amines is 1. The number of nitrogens with one attached hydrogen (secondary N) is 2. The van der Waals surface area contributed by atoms with E-state index in [9.17, 15) is 9.59 Å². The van der Waals surface area contributed by atoms with E-state index < -0.39 is 12.1 Å². The maximum Gasteiger partial charge on any atom is 0.407 e. The van der Waals surface area contributed by atoms with Crippen LogP contribution >= 0.6 is 0 Å². The van der Waals surface area contributed by atoms with E-state index >= 15 is 0 Å². The topological polar surface area (TPSA) is 87.3 Å². The fourth-order valence-electron chi connectivity index (χ4n) is 4.75. The number of amides is 2. The molecular weight excluding hydrogens is 452 g/mol. The third-order valence-electron chi connectivity index (χ3n) is 6.95. The first kappa shape index (κ1) is 25.5. The maximum atomic E-state index is 13.3. The largest absolute Gasteiger partial charge is 0.453 e. The van der Waals surface area contributed by atoms with Gasteiger partial charge >= 0.3 is 6.09 Å². The third kappa shape index (κ3) is 5.45. The minimum absolute atomic E-state index is 0.0647. The van der Waals surface area contributed by atoms with E-state index in [0.29, 0.717) is 12.5 Å². The number of ether oxygens (including phenoxy) is 1. The average molecular weight is 489 g/mol. The molecular formula is C29H36N4O3. The van der Waals surface area contributed by atoms with Gasteiger partial charge < -0.3 is 19.9 Å². The molecule has 1 fully saturated rings. The Bertz CT molecular complexity index is 1180. The number of hydrogen-bond acceptors (Lipinski definition) is 4. The lowest BCUT2D eigenvalue weighted by molar-refractivity contribution is -0.135. The number of likely N-dealkylation sites (tertiary alicyclic amines) is 1. The van der Waals surface area contributed by atoms with Crippen LogP contribution in [0.4, 0.5) is 4.79 Å². The molecule has 0 radical (unpaired) electrons. The Balaban J connectivity index is 1.49. The minimum Gasteiger partial charge on any atom is -0.453 e. The van der Waals surface area contributed by atoms with E-state index in [1.807, 2.05) is 24.9 Å². The Morgan fingerprint density at radius 2 is 1.61 bits per heavy atom. The van der Waals surface area contributed by atoms with Gasteiger partial charge in [-0.2, -0.15) is 0 Å². The van der Waals surface area contributed by atoms with Gasteiger partial charge in [-0.1, -0.05) is 76.2 Å². The molecule has 2 aromatic carbocycles. The molecule has 36 heavy (non-hydrogen) atoms. The number of carbonyl (C=O) groups is 2. The number of nitrogens with zero attached hydrogens (tertiary/aromatic N) is 2. The molecule has 2 atom stereocenters. The molecule has 2 heterocycles. The van der Waals surface area contributed by atoms with Crippen LogP contribution in [0, 0.1) is 5.92 Å². The number of hydrogen-bond donors (Lipinski definition) is 2. The van der Waals surface area contributed by atoms with Crippen molar-refractivity contribution in [2.75, 3.05) is 13.7 Å². The summed E-state index contributed by atoms with van der Waals surface area (Å²) in [5.74, 6) is 1.11. The van der Waals surface area contributed by atoms with Crippen LogP contribution in [0.5, 0.6) is 0 Å². The summed E-state index contributed by atoms with van der Waals surface area (Å²) in [6.07, 6.45) is 2.94. The van der Waals surface area contributed by atoms with Gasteiger partial charge in [0.25, 0.3) is 0 Å². The van der Waals surface area contributed by atoms with Gasteiger partial charge in [0.15, 0.2) is 0 Å². The van der Waals surface area contributed by atoms with E-state index in [1.54, 1.807) is 0 Å². The number of carbonyl (C=O) groups excluding carboxylic acids is 2. The molecule has 2 unspecified atom stereocenters. The van der Waals surface area contributed by atoms with E-state index in [0.717, 1.165) is 29.9 Å². The quantitative estimate of drug-likeness (QED) is 0.433. The third-order valence-corrected chi connectivity index (χ3v) is 6.95. The lowest BCUT2D eigenvalue weighted by Crippen LogP contribution is -2.51. The summed E-state index contributed by atoms with van der Waals surface area (Å²) in [6, 6.07) is 16.4. The van der Waals surface area contributed by atoms with Crippen LogP contribution in [-0.2, 0) is 9.53 Å². The summed E-state index contributed by atoms with van der Waals surface area (Å²) in [5, 5.41) is 2.69. The number of benzene rings is 2. The lowest BCUT2D eigenvalue weighted by atomic mass is 9.98. The first-order valence-corrected chi connectivity index (χ1v) is 12.7. The smallest absolute Gasteiger partial charge is 0.407 e. The molecule has 1 aliphatic rings. The summed E-state index contributed by atoms with van der Waals surface area (Å²) < 4.78 is 4.72. The predicted octanol–water partition coefficient (Wildman–Crippen LogP) is 5.91. The number of alkyl carbamates (subject to hydrolysis) is 1.